The highest BCUT2D eigenvalue weighted by molar-refractivity contribution is 7.91. The van der Waals surface area contributed by atoms with Crippen LogP contribution in [0.1, 0.15) is 16.1 Å². The van der Waals surface area contributed by atoms with Crippen LogP contribution in [0.25, 0.3) is 0 Å². The molecule has 3 rings (SSSR count). The maximum Gasteiger partial charge on any atom is 0.257 e. The van der Waals surface area contributed by atoms with E-state index in [0.29, 0.717) is 41.6 Å². The van der Waals surface area contributed by atoms with E-state index in [2.05, 4.69) is 5.10 Å². The van der Waals surface area contributed by atoms with Crippen molar-refractivity contribution in [1.29, 1.82) is 0 Å². The van der Waals surface area contributed by atoms with Crippen molar-refractivity contribution < 1.29 is 13.2 Å². The van der Waals surface area contributed by atoms with Crippen molar-refractivity contribution in [3.63, 3.8) is 0 Å². The normalized spacial score (nSPS) is 16.7. The first-order valence-corrected chi connectivity index (χ1v) is 9.55. The van der Waals surface area contributed by atoms with Gasteiger partial charge in [-0.3, -0.25) is 9.48 Å². The summed E-state index contributed by atoms with van der Waals surface area (Å²) in [7, 11) is -1.67. The van der Waals surface area contributed by atoms with Crippen molar-refractivity contribution in [1.82, 2.24) is 19.0 Å². The fourth-order valence-electron chi connectivity index (χ4n) is 2.65. The highest BCUT2D eigenvalue weighted by atomic mass is 32.2. The van der Waals surface area contributed by atoms with E-state index in [9.17, 15) is 13.2 Å². The number of thiophene rings is 1. The van der Waals surface area contributed by atoms with Crippen LogP contribution in [0.4, 0.5) is 0 Å². The molecule has 1 amide bonds. The van der Waals surface area contributed by atoms with Gasteiger partial charge in [0.25, 0.3) is 15.9 Å². The Kier molecular flexibility index (Phi) is 4.26. The fourth-order valence-corrected chi connectivity index (χ4v) is 5.22. The van der Waals surface area contributed by atoms with Crippen LogP contribution in [0.2, 0.25) is 0 Å². The maximum absolute atomic E-state index is 12.5. The van der Waals surface area contributed by atoms with E-state index in [0.717, 1.165) is 0 Å². The van der Waals surface area contributed by atoms with E-state index in [4.69, 9.17) is 0 Å². The molecular weight excluding hydrogens is 336 g/mol. The lowest BCUT2D eigenvalue weighted by molar-refractivity contribution is 0.0697. The first kappa shape index (κ1) is 16.2. The third-order valence-electron chi connectivity index (χ3n) is 3.86. The van der Waals surface area contributed by atoms with Gasteiger partial charge in [-0.2, -0.15) is 9.40 Å². The molecule has 1 aliphatic heterocycles. The lowest BCUT2D eigenvalue weighted by atomic mass is 10.2. The molecule has 0 radical (unpaired) electrons. The Bertz CT molecular complexity index is 803. The molecule has 0 spiro atoms. The average Bonchev–Trinajstić information content (AvgIpc) is 3.17. The molecule has 0 atom stereocenters. The van der Waals surface area contributed by atoms with Gasteiger partial charge in [-0.1, -0.05) is 6.07 Å². The third kappa shape index (κ3) is 3.04. The van der Waals surface area contributed by atoms with E-state index in [1.54, 1.807) is 47.3 Å². The number of aromatic nitrogens is 2. The van der Waals surface area contributed by atoms with Crippen LogP contribution < -0.4 is 0 Å². The predicted molar refractivity (Wildman–Crippen MR) is 86.9 cm³/mol. The first-order chi connectivity index (χ1) is 10.9. The van der Waals surface area contributed by atoms with E-state index >= 15 is 0 Å². The first-order valence-electron chi connectivity index (χ1n) is 7.23. The Morgan fingerprint density at radius 1 is 1.26 bits per heavy atom. The van der Waals surface area contributed by atoms with Crippen LogP contribution in [0.15, 0.2) is 27.9 Å². The molecule has 1 fully saturated rings. The van der Waals surface area contributed by atoms with Gasteiger partial charge in [-0.05, 0) is 18.4 Å². The second kappa shape index (κ2) is 6.06. The van der Waals surface area contributed by atoms with Crippen molar-refractivity contribution in [2.24, 2.45) is 7.05 Å². The largest absolute Gasteiger partial charge is 0.336 e. The molecule has 23 heavy (non-hydrogen) atoms. The number of carbonyl (C=O) groups excluding carboxylic acids is 1. The summed E-state index contributed by atoms with van der Waals surface area (Å²) in [5.41, 5.74) is 1.26. The molecule has 0 bridgehead atoms. The van der Waals surface area contributed by atoms with Crippen LogP contribution in [-0.4, -0.2) is 59.5 Å². The van der Waals surface area contributed by atoms with Gasteiger partial charge in [-0.15, -0.1) is 11.3 Å². The Hall–Kier alpha value is -1.71. The summed E-state index contributed by atoms with van der Waals surface area (Å²) in [6.45, 7) is 3.19. The number of aryl methyl sites for hydroxylation is 2. The number of amides is 1. The van der Waals surface area contributed by atoms with Gasteiger partial charge in [0.1, 0.15) is 4.21 Å². The second-order valence-corrected chi connectivity index (χ2v) is 8.54. The molecule has 2 aromatic rings. The molecule has 0 unspecified atom stereocenters. The topological polar surface area (TPSA) is 75.5 Å². The summed E-state index contributed by atoms with van der Waals surface area (Å²) in [6.07, 6.45) is 1.70. The second-order valence-electron chi connectivity index (χ2n) is 5.43. The lowest BCUT2D eigenvalue weighted by Gasteiger charge is -2.33. The molecule has 1 aliphatic rings. The summed E-state index contributed by atoms with van der Waals surface area (Å²) in [4.78, 5) is 14.2. The number of rotatable bonds is 3. The lowest BCUT2D eigenvalue weighted by Crippen LogP contribution is -2.50. The van der Waals surface area contributed by atoms with Crippen LogP contribution in [0, 0.1) is 6.92 Å². The number of hydrogen-bond donors (Lipinski definition) is 0. The van der Waals surface area contributed by atoms with Crippen molar-refractivity contribution in [2.45, 2.75) is 11.1 Å². The molecule has 0 N–H and O–H groups in total. The quantitative estimate of drug-likeness (QED) is 0.822. The van der Waals surface area contributed by atoms with Gasteiger partial charge < -0.3 is 4.90 Å². The van der Waals surface area contributed by atoms with Crippen LogP contribution in [0.3, 0.4) is 0 Å². The highest BCUT2D eigenvalue weighted by Gasteiger charge is 2.31. The number of sulfonamides is 1. The minimum Gasteiger partial charge on any atom is -0.336 e. The van der Waals surface area contributed by atoms with E-state index in [-0.39, 0.29) is 5.91 Å². The van der Waals surface area contributed by atoms with E-state index < -0.39 is 10.0 Å². The number of carbonyl (C=O) groups is 1. The predicted octanol–water partition coefficient (Wildman–Crippen LogP) is 0.937. The summed E-state index contributed by atoms with van der Waals surface area (Å²) < 4.78 is 28.3. The molecule has 1 saturated heterocycles. The Morgan fingerprint density at radius 2 is 1.96 bits per heavy atom. The van der Waals surface area contributed by atoms with Gasteiger partial charge in [0.05, 0.1) is 11.3 Å². The Balaban J connectivity index is 1.69. The molecule has 0 aliphatic carbocycles. The summed E-state index contributed by atoms with van der Waals surface area (Å²) >= 11 is 1.21. The van der Waals surface area contributed by atoms with E-state index in [1.807, 2.05) is 0 Å². The SMILES string of the molecule is Cc1nn(C)cc1C(=O)N1CCN(S(=O)(=O)c2cccs2)CC1. The summed E-state index contributed by atoms with van der Waals surface area (Å²) in [5.74, 6) is -0.0937. The zero-order chi connectivity index (χ0) is 16.6. The number of nitrogens with zero attached hydrogens (tertiary/aromatic N) is 4. The van der Waals surface area contributed by atoms with Gasteiger partial charge in [-0.25, -0.2) is 8.42 Å². The summed E-state index contributed by atoms with van der Waals surface area (Å²) in [5, 5.41) is 5.93. The van der Waals surface area contributed by atoms with Gasteiger partial charge in [0.15, 0.2) is 0 Å². The molecule has 7 nitrogen and oxygen atoms in total. The molecule has 0 aromatic carbocycles. The summed E-state index contributed by atoms with van der Waals surface area (Å²) in [6, 6.07) is 3.33. The minimum atomic E-state index is -3.44. The smallest absolute Gasteiger partial charge is 0.257 e. The fraction of sp³-hybridized carbons (Fsp3) is 0.429. The van der Waals surface area contributed by atoms with Gasteiger partial charge in [0.2, 0.25) is 0 Å². The van der Waals surface area contributed by atoms with Gasteiger partial charge in [0, 0.05) is 39.4 Å². The molecule has 3 heterocycles. The number of piperazine rings is 1. The van der Waals surface area contributed by atoms with Crippen molar-refractivity contribution in [2.75, 3.05) is 26.2 Å². The maximum atomic E-state index is 12.5. The molecule has 124 valence electrons. The molecule has 0 saturated carbocycles. The highest BCUT2D eigenvalue weighted by Crippen LogP contribution is 2.22. The molecule has 9 heteroatoms. The van der Waals surface area contributed by atoms with E-state index in [1.165, 1.54) is 15.6 Å². The number of hydrogen-bond acceptors (Lipinski definition) is 5. The van der Waals surface area contributed by atoms with Crippen LogP contribution in [-0.2, 0) is 17.1 Å². The van der Waals surface area contributed by atoms with Gasteiger partial charge >= 0.3 is 0 Å². The zero-order valence-corrected chi connectivity index (χ0v) is 14.6. The van der Waals surface area contributed by atoms with Crippen molar-refractivity contribution >= 4 is 27.3 Å². The average molecular weight is 354 g/mol. The Labute approximate surface area is 139 Å². The van der Waals surface area contributed by atoms with Crippen LogP contribution >= 0.6 is 11.3 Å². The molecule has 2 aromatic heterocycles. The standard InChI is InChI=1S/C14H18N4O3S2/c1-11-12(10-16(2)15-11)14(19)17-5-7-18(8-6-17)23(20,21)13-4-3-9-22-13/h3-4,9-10H,5-8H2,1-2H3. The Morgan fingerprint density at radius 3 is 2.48 bits per heavy atom. The minimum absolute atomic E-state index is 0.0937. The van der Waals surface area contributed by atoms with Crippen molar-refractivity contribution in [3.8, 4) is 0 Å². The van der Waals surface area contributed by atoms with Crippen LogP contribution in [0.5, 0.6) is 0 Å². The van der Waals surface area contributed by atoms with Crippen molar-refractivity contribution in [3.05, 3.63) is 35.0 Å². The molecular formula is C14H18N4O3S2. The monoisotopic (exact) mass is 354 g/mol. The zero-order valence-electron chi connectivity index (χ0n) is 13.0. The third-order valence-corrected chi connectivity index (χ3v) is 7.13.